The third-order valence-electron chi connectivity index (χ3n) is 2.69. The minimum absolute atomic E-state index is 0.108. The summed E-state index contributed by atoms with van der Waals surface area (Å²) in [4.78, 5) is 11.2. The Labute approximate surface area is 72.9 Å². The molecule has 0 amide bonds. The number of nitriles is 1. The molecule has 1 aliphatic carbocycles. The molecule has 0 N–H and O–H groups in total. The van der Waals surface area contributed by atoms with Crippen molar-refractivity contribution in [3.8, 4) is 6.07 Å². The summed E-state index contributed by atoms with van der Waals surface area (Å²) in [5.41, 5.74) is 0. The molecule has 2 nitrogen and oxygen atoms in total. The molecule has 1 rings (SSSR count). The van der Waals surface area contributed by atoms with Crippen LogP contribution in [0.3, 0.4) is 0 Å². The van der Waals surface area contributed by atoms with Gasteiger partial charge in [0, 0.05) is 6.42 Å². The topological polar surface area (TPSA) is 40.9 Å². The maximum Gasteiger partial charge on any atom is 0.150 e. The van der Waals surface area contributed by atoms with Crippen molar-refractivity contribution in [1.82, 2.24) is 0 Å². The van der Waals surface area contributed by atoms with Gasteiger partial charge in [0.2, 0.25) is 0 Å². The fourth-order valence-corrected chi connectivity index (χ4v) is 1.78. The molecular weight excluding hydrogens is 150 g/mol. The highest BCUT2D eigenvalue weighted by Gasteiger charge is 2.36. The van der Waals surface area contributed by atoms with Crippen molar-refractivity contribution in [2.24, 2.45) is 17.8 Å². The summed E-state index contributed by atoms with van der Waals surface area (Å²) in [6.07, 6.45) is 3.25. The molecule has 12 heavy (non-hydrogen) atoms. The number of carbonyl (C=O) groups excluding carboxylic acids is 1. The van der Waals surface area contributed by atoms with Crippen LogP contribution in [0.25, 0.3) is 0 Å². The molecule has 3 atom stereocenters. The predicted octanol–water partition coefficient (Wildman–Crippen LogP) is 1.93. The van der Waals surface area contributed by atoms with Gasteiger partial charge in [-0.2, -0.15) is 5.26 Å². The van der Waals surface area contributed by atoms with Crippen molar-refractivity contribution in [3.63, 3.8) is 0 Å². The number of Topliss-reactive ketones (excluding diaryl/α,β-unsaturated/α-hetero) is 1. The summed E-state index contributed by atoms with van der Waals surface area (Å²) in [6.45, 7) is 5.69. The van der Waals surface area contributed by atoms with Crippen LogP contribution in [0.2, 0.25) is 0 Å². The summed E-state index contributed by atoms with van der Waals surface area (Å²) in [7, 11) is 0. The maximum atomic E-state index is 11.2. The van der Waals surface area contributed by atoms with E-state index < -0.39 is 0 Å². The molecule has 0 bridgehead atoms. The number of allylic oxidation sites excluding steroid dienone is 1. The van der Waals surface area contributed by atoms with Crippen molar-refractivity contribution in [1.29, 1.82) is 5.26 Å². The Morgan fingerprint density at radius 2 is 2.50 bits per heavy atom. The summed E-state index contributed by atoms with van der Waals surface area (Å²) in [6, 6.07) is 2.08. The molecule has 64 valence electrons. The Morgan fingerprint density at radius 3 is 3.00 bits per heavy atom. The van der Waals surface area contributed by atoms with Crippen LogP contribution in [0, 0.1) is 29.1 Å². The molecular formula is C10H13NO. The van der Waals surface area contributed by atoms with E-state index in [-0.39, 0.29) is 23.5 Å². The largest absolute Gasteiger partial charge is 0.298 e. The first-order chi connectivity index (χ1) is 5.70. The second-order valence-corrected chi connectivity index (χ2v) is 3.37. The second kappa shape index (κ2) is 3.53. The van der Waals surface area contributed by atoms with Gasteiger partial charge in [-0.25, -0.2) is 0 Å². The molecule has 0 saturated heterocycles. The van der Waals surface area contributed by atoms with Crippen LogP contribution in [0.15, 0.2) is 12.7 Å². The average molecular weight is 163 g/mol. The molecule has 0 aliphatic heterocycles. The fraction of sp³-hybridized carbons (Fsp3) is 0.600. The summed E-state index contributed by atoms with van der Waals surface area (Å²) in [5, 5.41) is 8.75. The van der Waals surface area contributed by atoms with Gasteiger partial charge in [0.05, 0.1) is 6.07 Å². The predicted molar refractivity (Wildman–Crippen MR) is 46.2 cm³/mol. The van der Waals surface area contributed by atoms with E-state index in [4.69, 9.17) is 5.26 Å². The quantitative estimate of drug-likeness (QED) is 0.583. The Hall–Kier alpha value is -1.10. The molecule has 0 heterocycles. The van der Waals surface area contributed by atoms with E-state index in [9.17, 15) is 4.79 Å². The molecule has 0 aromatic heterocycles. The number of hydrogen-bond acceptors (Lipinski definition) is 2. The Morgan fingerprint density at radius 1 is 1.83 bits per heavy atom. The van der Waals surface area contributed by atoms with Crippen molar-refractivity contribution in [2.75, 3.05) is 0 Å². The van der Waals surface area contributed by atoms with Gasteiger partial charge >= 0.3 is 0 Å². The third-order valence-corrected chi connectivity index (χ3v) is 2.69. The summed E-state index contributed by atoms with van der Waals surface area (Å²) in [5.74, 6) is 0.218. The van der Waals surface area contributed by atoms with Gasteiger partial charge in [0.25, 0.3) is 0 Å². The van der Waals surface area contributed by atoms with Gasteiger partial charge in [-0.1, -0.05) is 13.0 Å². The van der Waals surface area contributed by atoms with E-state index in [0.717, 1.165) is 6.42 Å². The van der Waals surface area contributed by atoms with Crippen LogP contribution in [0.5, 0.6) is 0 Å². The third kappa shape index (κ3) is 1.40. The van der Waals surface area contributed by atoms with Crippen molar-refractivity contribution in [3.05, 3.63) is 12.7 Å². The van der Waals surface area contributed by atoms with E-state index in [1.807, 2.05) is 13.0 Å². The molecule has 2 heteroatoms. The first-order valence-corrected chi connectivity index (χ1v) is 4.25. The lowest BCUT2D eigenvalue weighted by Crippen LogP contribution is -2.17. The molecule has 1 fully saturated rings. The highest BCUT2D eigenvalue weighted by Crippen LogP contribution is 2.34. The van der Waals surface area contributed by atoms with Crippen LogP contribution in [0.4, 0.5) is 0 Å². The summed E-state index contributed by atoms with van der Waals surface area (Å²) >= 11 is 0. The first kappa shape index (κ1) is 8.99. The van der Waals surface area contributed by atoms with Crippen LogP contribution < -0.4 is 0 Å². The van der Waals surface area contributed by atoms with E-state index >= 15 is 0 Å². The first-order valence-electron chi connectivity index (χ1n) is 4.25. The standard InChI is InChI=1S/C10H13NO/c1-3-7(2)8-4-5-10(12)9(8)6-11/h3,7-9H,1,4-5H2,2H3/t7-,8-,9?/m1/s1. The normalized spacial score (nSPS) is 31.2. The van der Waals surface area contributed by atoms with Crippen LogP contribution >= 0.6 is 0 Å². The number of nitrogens with zero attached hydrogens (tertiary/aromatic N) is 1. The van der Waals surface area contributed by atoms with Gasteiger partial charge in [-0.15, -0.1) is 6.58 Å². The van der Waals surface area contributed by atoms with Crippen molar-refractivity contribution in [2.45, 2.75) is 19.8 Å². The number of carbonyl (C=O) groups is 1. The van der Waals surface area contributed by atoms with Crippen LogP contribution in [-0.4, -0.2) is 5.78 Å². The number of ketones is 1. The fourth-order valence-electron chi connectivity index (χ4n) is 1.78. The van der Waals surface area contributed by atoms with Crippen LogP contribution in [-0.2, 0) is 4.79 Å². The average Bonchev–Trinajstić information content (AvgIpc) is 2.45. The van der Waals surface area contributed by atoms with E-state index in [1.165, 1.54) is 0 Å². The zero-order chi connectivity index (χ0) is 9.14. The van der Waals surface area contributed by atoms with Crippen LogP contribution in [0.1, 0.15) is 19.8 Å². The van der Waals surface area contributed by atoms with E-state index in [2.05, 4.69) is 12.6 Å². The van der Waals surface area contributed by atoms with E-state index in [0.29, 0.717) is 6.42 Å². The van der Waals surface area contributed by atoms with Gasteiger partial charge in [0.15, 0.2) is 0 Å². The molecule has 0 aromatic carbocycles. The van der Waals surface area contributed by atoms with Crippen molar-refractivity contribution < 1.29 is 4.79 Å². The zero-order valence-corrected chi connectivity index (χ0v) is 7.29. The van der Waals surface area contributed by atoms with Crippen molar-refractivity contribution >= 4 is 5.78 Å². The van der Waals surface area contributed by atoms with Gasteiger partial charge in [0.1, 0.15) is 11.7 Å². The minimum atomic E-state index is -0.377. The molecule has 0 aromatic rings. The zero-order valence-electron chi connectivity index (χ0n) is 7.29. The smallest absolute Gasteiger partial charge is 0.150 e. The SMILES string of the molecule is C=C[C@@H](C)[C@H]1CCC(=O)C1C#N. The lowest BCUT2D eigenvalue weighted by molar-refractivity contribution is -0.119. The number of rotatable bonds is 2. The molecule has 0 radical (unpaired) electrons. The maximum absolute atomic E-state index is 11.2. The number of hydrogen-bond donors (Lipinski definition) is 0. The van der Waals surface area contributed by atoms with Gasteiger partial charge in [-0.3, -0.25) is 4.79 Å². The second-order valence-electron chi connectivity index (χ2n) is 3.37. The molecule has 0 spiro atoms. The monoisotopic (exact) mass is 163 g/mol. The molecule has 1 unspecified atom stereocenters. The molecule has 1 aliphatic rings. The van der Waals surface area contributed by atoms with Gasteiger partial charge < -0.3 is 0 Å². The minimum Gasteiger partial charge on any atom is -0.298 e. The molecule has 1 saturated carbocycles. The lowest BCUT2D eigenvalue weighted by Gasteiger charge is -2.16. The van der Waals surface area contributed by atoms with E-state index in [1.54, 1.807) is 0 Å². The van der Waals surface area contributed by atoms with Gasteiger partial charge in [-0.05, 0) is 18.3 Å². The Kier molecular flexibility index (Phi) is 2.65. The Bertz CT molecular complexity index is 239. The lowest BCUT2D eigenvalue weighted by atomic mass is 9.86. The highest BCUT2D eigenvalue weighted by atomic mass is 16.1. The highest BCUT2D eigenvalue weighted by molar-refractivity contribution is 5.85. The summed E-state index contributed by atoms with van der Waals surface area (Å²) < 4.78 is 0. The Balaban J connectivity index is 2.74.